The number of aromatic nitrogens is 2. The lowest BCUT2D eigenvalue weighted by atomic mass is 10.0. The highest BCUT2D eigenvalue weighted by atomic mass is 15.2. The number of nitrogens with one attached hydrogen (secondary N) is 1. The van der Waals surface area contributed by atoms with Gasteiger partial charge in [0.2, 0.25) is 0 Å². The van der Waals surface area contributed by atoms with Gasteiger partial charge < -0.3 is 14.5 Å². The number of benzene rings is 7. The van der Waals surface area contributed by atoms with Crippen molar-refractivity contribution in [3.8, 4) is 11.4 Å². The van der Waals surface area contributed by atoms with Crippen molar-refractivity contribution in [1.29, 1.82) is 0 Å². The van der Waals surface area contributed by atoms with Gasteiger partial charge in [-0.05, 0) is 54.8 Å². The lowest BCUT2D eigenvalue weighted by Crippen LogP contribution is -2.34. The largest absolute Gasteiger partial charge is 0.344 e. The highest BCUT2D eigenvalue weighted by molar-refractivity contribution is 6.24. The van der Waals surface area contributed by atoms with Crippen LogP contribution in [-0.4, -0.2) is 20.8 Å². The van der Waals surface area contributed by atoms with Crippen molar-refractivity contribution in [3.05, 3.63) is 192 Å². The molecule has 0 fully saturated rings. The molecule has 0 bridgehead atoms. The molecule has 0 aliphatic carbocycles. The SMILES string of the molecule is Cc1cccc(C)c1-n1c2ccccc2c2ccc(-n3c4ccccc4c4ccccc43)c(C3=NC(c4ccccc4)=NC(c4ccccc4)N3)c21. The van der Waals surface area contributed by atoms with E-state index in [9.17, 15) is 0 Å². The summed E-state index contributed by atoms with van der Waals surface area (Å²) in [5.74, 6) is 1.48. The van der Waals surface area contributed by atoms with Crippen LogP contribution in [-0.2, 0) is 0 Å². The quantitative estimate of drug-likeness (QED) is 0.195. The predicted molar refractivity (Wildman–Crippen MR) is 216 cm³/mol. The van der Waals surface area contributed by atoms with Crippen molar-refractivity contribution in [1.82, 2.24) is 14.5 Å². The normalized spacial score (nSPS) is 14.5. The zero-order chi connectivity index (χ0) is 34.8. The number of nitrogens with zero attached hydrogens (tertiary/aromatic N) is 4. The van der Waals surface area contributed by atoms with Gasteiger partial charge in [0.05, 0.1) is 39.0 Å². The van der Waals surface area contributed by atoms with Gasteiger partial charge in [0.25, 0.3) is 0 Å². The summed E-state index contributed by atoms with van der Waals surface area (Å²) in [4.78, 5) is 10.7. The Morgan fingerprint density at radius 2 is 1.04 bits per heavy atom. The average molecular weight is 670 g/mol. The number of para-hydroxylation sites is 4. The van der Waals surface area contributed by atoms with Crippen LogP contribution in [0.2, 0.25) is 0 Å². The van der Waals surface area contributed by atoms with E-state index >= 15 is 0 Å². The fraction of sp³-hybridized carbons (Fsp3) is 0.0638. The number of hydrogen-bond donors (Lipinski definition) is 1. The van der Waals surface area contributed by atoms with Gasteiger partial charge in [0.1, 0.15) is 12.0 Å². The first-order valence-electron chi connectivity index (χ1n) is 17.8. The molecule has 0 radical (unpaired) electrons. The minimum absolute atomic E-state index is 0.344. The van der Waals surface area contributed by atoms with Crippen molar-refractivity contribution < 1.29 is 0 Å². The van der Waals surface area contributed by atoms with Crippen LogP contribution in [0.4, 0.5) is 0 Å². The predicted octanol–water partition coefficient (Wildman–Crippen LogP) is 11.0. The fourth-order valence-corrected chi connectivity index (χ4v) is 8.14. The summed E-state index contributed by atoms with van der Waals surface area (Å²) in [5.41, 5.74) is 12.3. The van der Waals surface area contributed by atoms with E-state index in [0.29, 0.717) is 5.84 Å². The van der Waals surface area contributed by atoms with Gasteiger partial charge in [-0.3, -0.25) is 0 Å². The molecule has 1 unspecified atom stereocenters. The second-order valence-corrected chi connectivity index (χ2v) is 13.6. The molecule has 5 heteroatoms. The number of aliphatic imine (C=N–C) groups is 2. The first kappa shape index (κ1) is 30.1. The molecule has 5 nitrogen and oxygen atoms in total. The number of fused-ring (bicyclic) bond motifs is 6. The van der Waals surface area contributed by atoms with Gasteiger partial charge in [-0.15, -0.1) is 0 Å². The maximum atomic E-state index is 5.46. The molecule has 52 heavy (non-hydrogen) atoms. The Hall–Kier alpha value is -6.72. The minimum Gasteiger partial charge on any atom is -0.344 e. The third-order valence-electron chi connectivity index (χ3n) is 10.4. The molecular weight excluding hydrogens is 635 g/mol. The first-order valence-corrected chi connectivity index (χ1v) is 17.8. The van der Waals surface area contributed by atoms with Crippen LogP contribution < -0.4 is 5.32 Å². The zero-order valence-corrected chi connectivity index (χ0v) is 29.0. The summed E-state index contributed by atoms with van der Waals surface area (Å²) < 4.78 is 4.89. The number of amidine groups is 2. The van der Waals surface area contributed by atoms with Crippen LogP contribution in [0.25, 0.3) is 55.0 Å². The van der Waals surface area contributed by atoms with Gasteiger partial charge in [-0.1, -0.05) is 140 Å². The second kappa shape index (κ2) is 12.0. The Balaban J connectivity index is 1.39. The van der Waals surface area contributed by atoms with Crippen molar-refractivity contribution in [2.24, 2.45) is 9.98 Å². The molecule has 1 aliphatic heterocycles. The molecule has 0 spiro atoms. The lowest BCUT2D eigenvalue weighted by Gasteiger charge is -2.26. The summed E-state index contributed by atoms with van der Waals surface area (Å²) >= 11 is 0. The highest BCUT2D eigenvalue weighted by Gasteiger charge is 2.29. The number of aryl methyl sites for hydroxylation is 2. The van der Waals surface area contributed by atoms with Crippen molar-refractivity contribution in [3.63, 3.8) is 0 Å². The molecule has 10 rings (SSSR count). The zero-order valence-electron chi connectivity index (χ0n) is 29.0. The molecule has 9 aromatic rings. The third-order valence-corrected chi connectivity index (χ3v) is 10.4. The molecular formula is C47H35N5. The Bertz CT molecular complexity index is 2820. The summed E-state index contributed by atoms with van der Waals surface area (Å²) in [6.07, 6.45) is -0.344. The van der Waals surface area contributed by atoms with Crippen LogP contribution in [0.15, 0.2) is 174 Å². The van der Waals surface area contributed by atoms with Crippen molar-refractivity contribution >= 4 is 55.3 Å². The van der Waals surface area contributed by atoms with Crippen LogP contribution in [0, 0.1) is 13.8 Å². The number of rotatable bonds is 5. The molecule has 0 saturated carbocycles. The molecule has 1 aliphatic rings. The van der Waals surface area contributed by atoms with Gasteiger partial charge in [0, 0.05) is 27.1 Å². The van der Waals surface area contributed by atoms with Gasteiger partial charge in [0.15, 0.2) is 5.84 Å². The van der Waals surface area contributed by atoms with Crippen molar-refractivity contribution in [2.75, 3.05) is 0 Å². The Morgan fingerprint density at radius 1 is 0.500 bits per heavy atom. The molecule has 0 saturated heterocycles. The Morgan fingerprint density at radius 3 is 1.67 bits per heavy atom. The molecule has 1 atom stereocenters. The molecule has 1 N–H and O–H groups in total. The topological polar surface area (TPSA) is 46.6 Å². The molecule has 2 aromatic heterocycles. The maximum Gasteiger partial charge on any atom is 0.159 e. The smallest absolute Gasteiger partial charge is 0.159 e. The van der Waals surface area contributed by atoms with Crippen LogP contribution in [0.5, 0.6) is 0 Å². The standard InChI is InChI=1S/C47H35N5/c1-30-16-15-17-31(2)43(30)52-40-27-14-11-24-36(40)37-28-29-41(51-38-25-12-9-22-34(38)35-23-10-13-26-39(35)51)42(44(37)52)47-49-45(32-18-5-3-6-19-32)48-46(50-47)33-20-7-4-8-21-33/h3-29,45H,1-2H3,(H,48,49,50). The second-order valence-electron chi connectivity index (χ2n) is 13.6. The summed E-state index contributed by atoms with van der Waals surface area (Å²) in [7, 11) is 0. The Labute approximate surface area is 301 Å². The Kier molecular flexibility index (Phi) is 6.93. The van der Waals surface area contributed by atoms with E-state index in [1.165, 1.54) is 38.4 Å². The van der Waals surface area contributed by atoms with E-state index in [2.05, 4.69) is 180 Å². The lowest BCUT2D eigenvalue weighted by molar-refractivity contribution is 0.674. The summed E-state index contributed by atoms with van der Waals surface area (Å²) in [6.45, 7) is 4.42. The van der Waals surface area contributed by atoms with E-state index < -0.39 is 0 Å². The first-order chi connectivity index (χ1) is 25.7. The van der Waals surface area contributed by atoms with E-state index in [4.69, 9.17) is 9.98 Å². The van der Waals surface area contributed by atoms with Crippen LogP contribution in [0.1, 0.15) is 34.0 Å². The monoisotopic (exact) mass is 669 g/mol. The minimum atomic E-state index is -0.344. The van der Waals surface area contributed by atoms with E-state index in [0.717, 1.165) is 50.3 Å². The van der Waals surface area contributed by atoms with Gasteiger partial charge in [-0.2, -0.15) is 0 Å². The average Bonchev–Trinajstić information content (AvgIpc) is 3.71. The fourth-order valence-electron chi connectivity index (χ4n) is 8.14. The summed E-state index contributed by atoms with van der Waals surface area (Å²) in [5, 5.41) is 8.66. The summed E-state index contributed by atoms with van der Waals surface area (Å²) in [6, 6.07) is 58.1. The van der Waals surface area contributed by atoms with E-state index in [1.54, 1.807) is 0 Å². The molecule has 248 valence electrons. The van der Waals surface area contributed by atoms with Gasteiger partial charge in [-0.25, -0.2) is 9.98 Å². The van der Waals surface area contributed by atoms with Crippen LogP contribution >= 0.6 is 0 Å². The molecule has 0 amide bonds. The third kappa shape index (κ3) is 4.63. The highest BCUT2D eigenvalue weighted by Crippen LogP contribution is 2.41. The number of hydrogen-bond acceptors (Lipinski definition) is 3. The molecule has 3 heterocycles. The van der Waals surface area contributed by atoms with Crippen LogP contribution in [0.3, 0.4) is 0 Å². The van der Waals surface area contributed by atoms with Gasteiger partial charge >= 0.3 is 0 Å². The van der Waals surface area contributed by atoms with E-state index in [1.807, 2.05) is 12.1 Å². The molecule has 7 aromatic carbocycles. The maximum absolute atomic E-state index is 5.46. The van der Waals surface area contributed by atoms with Crippen molar-refractivity contribution in [2.45, 2.75) is 20.0 Å². The van der Waals surface area contributed by atoms with E-state index in [-0.39, 0.29) is 6.17 Å².